The van der Waals surface area contributed by atoms with Gasteiger partial charge in [0.2, 0.25) is 0 Å². The van der Waals surface area contributed by atoms with Gasteiger partial charge in [-0.2, -0.15) is 0 Å². The van der Waals surface area contributed by atoms with Crippen LogP contribution in [0, 0.1) is 23.5 Å². The van der Waals surface area contributed by atoms with E-state index in [9.17, 15) is 37.0 Å². The highest BCUT2D eigenvalue weighted by atomic mass is 35.5. The summed E-state index contributed by atoms with van der Waals surface area (Å²) in [5.41, 5.74) is -3.78. The summed E-state index contributed by atoms with van der Waals surface area (Å²) in [5.74, 6) is -8.57. The predicted octanol–water partition coefficient (Wildman–Crippen LogP) is 3.51. The van der Waals surface area contributed by atoms with Gasteiger partial charge in [-0.1, -0.05) is 11.6 Å². The van der Waals surface area contributed by atoms with Crippen molar-refractivity contribution in [3.8, 4) is 0 Å². The molecular weight excluding hydrogens is 504 g/mol. The normalized spacial score (nSPS) is 32.2. The number of anilines is 1. The average molecular weight is 534 g/mol. The second-order valence-corrected chi connectivity index (χ2v) is 10.8. The highest BCUT2D eigenvalue weighted by Crippen LogP contribution is 2.53. The molecular formula is C24H24ClF2NO6S. The summed E-state index contributed by atoms with van der Waals surface area (Å²) in [6, 6.07) is 1.23. The highest BCUT2D eigenvalue weighted by Gasteiger charge is 2.60. The van der Waals surface area contributed by atoms with Crippen molar-refractivity contribution in [2.45, 2.75) is 54.4 Å². The van der Waals surface area contributed by atoms with Crippen LogP contribution in [-0.4, -0.2) is 47.3 Å². The number of nitrogens with one attached hydrogen (secondary N) is 1. The number of hydrogen-bond acceptors (Lipinski definition) is 6. The van der Waals surface area contributed by atoms with Crippen LogP contribution >= 0.6 is 11.6 Å². The third kappa shape index (κ3) is 4.48. The van der Waals surface area contributed by atoms with E-state index < -0.39 is 108 Å². The minimum atomic E-state index is -5.11. The molecule has 1 amide bonds. The molecule has 2 aliphatic carbocycles. The third-order valence-corrected chi connectivity index (χ3v) is 8.51. The first-order chi connectivity index (χ1) is 18.7. The Morgan fingerprint density at radius 2 is 1.86 bits per heavy atom. The number of aliphatic hydroxyl groups is 2. The fourth-order valence-corrected chi connectivity index (χ4v) is 6.43. The quantitative estimate of drug-likeness (QED) is 0.522. The molecule has 2 aromatic carbocycles. The Morgan fingerprint density at radius 3 is 2.46 bits per heavy atom. The molecule has 0 radical (unpaired) electrons. The molecule has 7 nitrogen and oxygen atoms in total. The first-order valence-corrected chi connectivity index (χ1v) is 12.3. The minimum absolute atomic E-state index is 0.237. The Bertz CT molecular complexity index is 1550. The van der Waals surface area contributed by atoms with Gasteiger partial charge in [0, 0.05) is 22.8 Å². The van der Waals surface area contributed by atoms with E-state index in [-0.39, 0.29) is 12.8 Å². The van der Waals surface area contributed by atoms with Crippen LogP contribution < -0.4 is 5.32 Å². The summed E-state index contributed by atoms with van der Waals surface area (Å²) in [6.07, 6.45) is -8.75. The first kappa shape index (κ1) is 18.8. The van der Waals surface area contributed by atoms with E-state index in [2.05, 4.69) is 0 Å². The Balaban J connectivity index is 1.79. The van der Waals surface area contributed by atoms with E-state index in [1.165, 1.54) is 0 Å². The molecule has 3 N–H and O–H groups in total. The van der Waals surface area contributed by atoms with E-state index in [1.807, 2.05) is 5.32 Å². The summed E-state index contributed by atoms with van der Waals surface area (Å²) < 4.78 is 105. The number of Topliss-reactive ketones (excluding diaryl/α,β-unsaturated/α-hetero) is 1. The molecule has 0 aliphatic heterocycles. The molecule has 35 heavy (non-hydrogen) atoms. The number of carbonyl (C=O) groups is 2. The monoisotopic (exact) mass is 533 g/mol. The molecule has 0 aromatic heterocycles. The number of halogens is 3. The van der Waals surface area contributed by atoms with Gasteiger partial charge >= 0.3 is 0 Å². The molecule has 2 aliphatic rings. The van der Waals surface area contributed by atoms with Gasteiger partial charge in [0.15, 0.2) is 27.3 Å². The summed E-state index contributed by atoms with van der Waals surface area (Å²) in [5, 5.41) is 20.8. The van der Waals surface area contributed by atoms with Crippen LogP contribution in [0.25, 0.3) is 0 Å². The second kappa shape index (κ2) is 9.24. The van der Waals surface area contributed by atoms with Crippen molar-refractivity contribution in [2.24, 2.45) is 11.8 Å². The van der Waals surface area contributed by atoms with Crippen LogP contribution in [0.5, 0.6) is 0 Å². The molecule has 0 saturated heterocycles. The largest absolute Gasteiger partial charge is 0.386 e. The zero-order valence-corrected chi connectivity index (χ0v) is 19.7. The van der Waals surface area contributed by atoms with E-state index >= 15 is 0 Å². The lowest BCUT2D eigenvalue weighted by atomic mass is 9.70. The number of carbonyl (C=O) groups excluding carboxylic acids is 2. The molecule has 0 heterocycles. The lowest BCUT2D eigenvalue weighted by Gasteiger charge is -2.44. The van der Waals surface area contributed by atoms with Crippen LogP contribution in [0.15, 0.2) is 41.2 Å². The molecule has 2 saturated carbocycles. The summed E-state index contributed by atoms with van der Waals surface area (Å²) in [6.45, 7) is 0.931. The van der Waals surface area contributed by atoms with Gasteiger partial charge in [0.1, 0.15) is 11.7 Å². The van der Waals surface area contributed by atoms with Gasteiger partial charge in [0.25, 0.3) is 5.91 Å². The van der Waals surface area contributed by atoms with Crippen molar-refractivity contribution >= 4 is 38.8 Å². The maximum Gasteiger partial charge on any atom is 0.255 e. The zero-order valence-electron chi connectivity index (χ0n) is 24.1. The lowest BCUT2D eigenvalue weighted by Crippen LogP contribution is -2.57. The number of sulfone groups is 1. The molecule has 4 unspecified atom stereocenters. The van der Waals surface area contributed by atoms with Crippen LogP contribution in [0.4, 0.5) is 14.5 Å². The zero-order chi connectivity index (χ0) is 31.0. The molecule has 2 aromatic rings. The van der Waals surface area contributed by atoms with Crippen LogP contribution in [0.3, 0.4) is 0 Å². The van der Waals surface area contributed by atoms with Gasteiger partial charge in [-0.25, -0.2) is 17.2 Å². The van der Waals surface area contributed by atoms with E-state index in [0.717, 1.165) is 19.1 Å². The maximum absolute atomic E-state index is 13.9. The van der Waals surface area contributed by atoms with Crippen LogP contribution in [0.1, 0.15) is 51.1 Å². The smallest absolute Gasteiger partial charge is 0.255 e. The molecule has 5 atom stereocenters. The van der Waals surface area contributed by atoms with Crippen LogP contribution in [-0.2, 0) is 14.6 Å². The maximum atomic E-state index is 13.9. The topological polar surface area (TPSA) is 121 Å². The Morgan fingerprint density at radius 1 is 1.23 bits per heavy atom. The predicted molar refractivity (Wildman–Crippen MR) is 124 cm³/mol. The van der Waals surface area contributed by atoms with Crippen molar-refractivity contribution in [3.05, 3.63) is 58.6 Å². The molecule has 188 valence electrons. The van der Waals surface area contributed by atoms with E-state index in [1.54, 1.807) is 0 Å². The molecule has 0 spiro atoms. The number of rotatable bonds is 6. The van der Waals surface area contributed by atoms with Crippen molar-refractivity contribution in [2.75, 3.05) is 5.32 Å². The van der Waals surface area contributed by atoms with Gasteiger partial charge < -0.3 is 15.5 Å². The standard InChI is InChI=1S/C24H24ClF2NO6S/c1-12(29)22(30)24(32)14-3-4-15(24)10-17(9-14)35(33,34)21-8-13(2-6-18(21)25)23(31)28-16-5-7-19(26)20(27)11-16/h2,5-8,11,14-15,17,22,30,32H,3-4,9-10H2,1H3,(H,28,31)/t14-,15?,17?,22?,24?/m0/s1/i5D,9D2,10D2,11D. The first-order valence-electron chi connectivity index (χ1n) is 13.4. The molecule has 2 bridgehead atoms. The van der Waals surface area contributed by atoms with Crippen LogP contribution in [0.2, 0.25) is 5.02 Å². The lowest BCUT2D eigenvalue weighted by molar-refractivity contribution is -0.162. The number of aliphatic hydroxyl groups excluding tert-OH is 1. The van der Waals surface area contributed by atoms with Crippen molar-refractivity contribution in [1.29, 1.82) is 0 Å². The summed E-state index contributed by atoms with van der Waals surface area (Å²) in [7, 11) is -5.11. The number of benzene rings is 2. The van der Waals surface area contributed by atoms with Gasteiger partial charge in [-0.15, -0.1) is 0 Å². The second-order valence-electron chi connectivity index (χ2n) is 8.39. The van der Waals surface area contributed by atoms with Crippen molar-refractivity contribution in [3.63, 3.8) is 0 Å². The highest BCUT2D eigenvalue weighted by molar-refractivity contribution is 7.92. The van der Waals surface area contributed by atoms with Gasteiger partial charge in [-0.3, -0.25) is 9.59 Å². The number of hydrogen-bond donors (Lipinski definition) is 3. The fraction of sp³-hybridized carbons (Fsp3) is 0.417. The molecule has 2 fully saturated rings. The Hall–Kier alpha value is -2.40. The average Bonchev–Trinajstić information content (AvgIpc) is 3.19. The number of amides is 1. The summed E-state index contributed by atoms with van der Waals surface area (Å²) in [4.78, 5) is 24.0. The van der Waals surface area contributed by atoms with Gasteiger partial charge in [-0.05, 0) is 74.7 Å². The third-order valence-electron chi connectivity index (χ3n) is 6.23. The molecule has 11 heteroatoms. The number of ketones is 1. The van der Waals surface area contributed by atoms with Gasteiger partial charge in [0.05, 0.1) is 17.9 Å². The Kier molecular flexibility index (Phi) is 4.96. The van der Waals surface area contributed by atoms with E-state index in [0.29, 0.717) is 12.1 Å². The van der Waals surface area contributed by atoms with Crippen molar-refractivity contribution in [1.82, 2.24) is 0 Å². The van der Waals surface area contributed by atoms with E-state index in [4.69, 9.17) is 19.8 Å². The number of fused-ring (bicyclic) bond motifs is 2. The SMILES string of the molecule is [2H]c1cc(F)c(F)c([2H])c1NC(=O)c1ccc(Cl)c(S(=O)(=O)C2C([2H])([2H])C3CC[C@@H](C2([2H])[2H])C3(O)C(O)C(C)=O)c1. The minimum Gasteiger partial charge on any atom is -0.386 e. The molecule has 4 rings (SSSR count). The Labute approximate surface area is 214 Å². The van der Waals surface area contributed by atoms with Crippen molar-refractivity contribution < 1.29 is 45.2 Å². The summed E-state index contributed by atoms with van der Waals surface area (Å²) >= 11 is 6.14. The fourth-order valence-electron chi connectivity index (χ4n) is 4.42.